The highest BCUT2D eigenvalue weighted by Gasteiger charge is 2.25. The van der Waals surface area contributed by atoms with E-state index in [-0.39, 0.29) is 0 Å². The Hall–Kier alpha value is -1.63. The number of likely N-dealkylation sites (tertiary alicyclic amines) is 2. The molecule has 3 rings (SSSR count). The summed E-state index contributed by atoms with van der Waals surface area (Å²) >= 11 is 0. The summed E-state index contributed by atoms with van der Waals surface area (Å²) in [7, 11) is 3.64. The SMILES string of the molecule is CN=C(NCC1CCN(CCc2ccccc2)C1)N1CCC(OCCCOC)CC1. The van der Waals surface area contributed by atoms with E-state index in [0.717, 1.165) is 71.0 Å². The van der Waals surface area contributed by atoms with Crippen LogP contribution in [0.4, 0.5) is 0 Å². The van der Waals surface area contributed by atoms with Crippen molar-refractivity contribution in [3.05, 3.63) is 35.9 Å². The van der Waals surface area contributed by atoms with Crippen LogP contribution in [0.5, 0.6) is 0 Å². The summed E-state index contributed by atoms with van der Waals surface area (Å²) in [6.45, 7) is 8.19. The highest BCUT2D eigenvalue weighted by atomic mass is 16.5. The number of aliphatic imine (C=N–C) groups is 1. The Bertz CT molecular complexity index is 617. The van der Waals surface area contributed by atoms with Crippen LogP contribution in [-0.2, 0) is 15.9 Å². The summed E-state index contributed by atoms with van der Waals surface area (Å²) in [6, 6.07) is 10.8. The Morgan fingerprint density at radius 1 is 1.10 bits per heavy atom. The molecule has 0 spiro atoms. The zero-order valence-corrected chi connectivity index (χ0v) is 18.9. The molecule has 1 atom stereocenters. The van der Waals surface area contributed by atoms with Crippen LogP contribution in [0.15, 0.2) is 35.3 Å². The number of ether oxygens (including phenoxy) is 2. The molecule has 2 aliphatic heterocycles. The maximum atomic E-state index is 5.98. The maximum Gasteiger partial charge on any atom is 0.193 e. The van der Waals surface area contributed by atoms with Gasteiger partial charge in [0.2, 0.25) is 0 Å². The van der Waals surface area contributed by atoms with Crippen LogP contribution < -0.4 is 5.32 Å². The van der Waals surface area contributed by atoms with Gasteiger partial charge in [0.05, 0.1) is 6.10 Å². The monoisotopic (exact) mass is 416 g/mol. The second kappa shape index (κ2) is 12.9. The average molecular weight is 417 g/mol. The molecule has 0 aliphatic carbocycles. The molecule has 2 fully saturated rings. The van der Waals surface area contributed by atoms with Crippen LogP contribution in [0, 0.1) is 5.92 Å². The van der Waals surface area contributed by atoms with Gasteiger partial charge in [-0.3, -0.25) is 4.99 Å². The fourth-order valence-electron chi connectivity index (χ4n) is 4.47. The number of guanidine groups is 1. The molecule has 168 valence electrons. The lowest BCUT2D eigenvalue weighted by Gasteiger charge is -2.34. The second-order valence-corrected chi connectivity index (χ2v) is 8.52. The predicted octanol–water partition coefficient (Wildman–Crippen LogP) is 2.64. The molecule has 2 heterocycles. The third kappa shape index (κ3) is 7.56. The van der Waals surface area contributed by atoms with Gasteiger partial charge < -0.3 is 24.6 Å². The molecule has 6 nitrogen and oxygen atoms in total. The van der Waals surface area contributed by atoms with Crippen molar-refractivity contribution in [1.29, 1.82) is 0 Å². The third-order valence-electron chi connectivity index (χ3n) is 6.28. The molecule has 1 N–H and O–H groups in total. The van der Waals surface area contributed by atoms with E-state index in [1.807, 2.05) is 7.05 Å². The van der Waals surface area contributed by atoms with Gasteiger partial charge in [-0.1, -0.05) is 30.3 Å². The summed E-state index contributed by atoms with van der Waals surface area (Å²) in [5.74, 6) is 1.76. The van der Waals surface area contributed by atoms with Gasteiger partial charge in [-0.25, -0.2) is 0 Å². The minimum Gasteiger partial charge on any atom is -0.385 e. The summed E-state index contributed by atoms with van der Waals surface area (Å²) in [5, 5.41) is 3.64. The minimum atomic E-state index is 0.379. The summed E-state index contributed by atoms with van der Waals surface area (Å²) in [4.78, 5) is 9.53. The molecule has 0 radical (unpaired) electrons. The first-order valence-corrected chi connectivity index (χ1v) is 11.6. The lowest BCUT2D eigenvalue weighted by Crippen LogP contribution is -2.48. The normalized spacial score (nSPS) is 21.3. The Balaban J connectivity index is 1.31. The van der Waals surface area contributed by atoms with Crippen molar-refractivity contribution in [1.82, 2.24) is 15.1 Å². The number of hydrogen-bond donors (Lipinski definition) is 1. The van der Waals surface area contributed by atoms with Crippen molar-refractivity contribution in [2.24, 2.45) is 10.9 Å². The zero-order chi connectivity index (χ0) is 21.0. The van der Waals surface area contributed by atoms with Gasteiger partial charge in [0.1, 0.15) is 0 Å². The largest absolute Gasteiger partial charge is 0.385 e. The number of nitrogens with zero attached hydrogens (tertiary/aromatic N) is 3. The van der Waals surface area contributed by atoms with Crippen molar-refractivity contribution >= 4 is 5.96 Å². The van der Waals surface area contributed by atoms with Crippen LogP contribution in [0.2, 0.25) is 0 Å². The Morgan fingerprint density at radius 2 is 1.90 bits per heavy atom. The molecule has 1 aromatic rings. The third-order valence-corrected chi connectivity index (χ3v) is 6.28. The van der Waals surface area contributed by atoms with E-state index in [0.29, 0.717) is 12.0 Å². The number of rotatable bonds is 10. The van der Waals surface area contributed by atoms with Gasteiger partial charge in [-0.05, 0) is 50.1 Å². The van der Waals surface area contributed by atoms with Crippen LogP contribution in [0.25, 0.3) is 0 Å². The number of methoxy groups -OCH3 is 1. The molecular weight excluding hydrogens is 376 g/mol. The number of benzene rings is 1. The van der Waals surface area contributed by atoms with E-state index >= 15 is 0 Å². The average Bonchev–Trinajstić information content (AvgIpc) is 3.25. The molecule has 0 aromatic heterocycles. The zero-order valence-electron chi connectivity index (χ0n) is 18.9. The molecule has 0 saturated carbocycles. The van der Waals surface area contributed by atoms with Gasteiger partial charge >= 0.3 is 0 Å². The molecule has 2 saturated heterocycles. The summed E-state index contributed by atoms with van der Waals surface area (Å²) < 4.78 is 11.1. The first-order valence-electron chi connectivity index (χ1n) is 11.6. The molecule has 0 bridgehead atoms. The summed E-state index contributed by atoms with van der Waals surface area (Å²) in [5.41, 5.74) is 1.44. The number of nitrogens with one attached hydrogen (secondary N) is 1. The van der Waals surface area contributed by atoms with Gasteiger partial charge in [-0.15, -0.1) is 0 Å². The maximum absolute atomic E-state index is 5.98. The van der Waals surface area contributed by atoms with E-state index in [1.54, 1.807) is 7.11 Å². The first kappa shape index (κ1) is 23.0. The molecule has 0 amide bonds. The van der Waals surface area contributed by atoms with Crippen molar-refractivity contribution in [2.45, 2.75) is 38.2 Å². The summed E-state index contributed by atoms with van der Waals surface area (Å²) in [6.07, 6.45) is 5.92. The number of hydrogen-bond acceptors (Lipinski definition) is 4. The predicted molar refractivity (Wildman–Crippen MR) is 123 cm³/mol. The first-order chi connectivity index (χ1) is 14.8. The van der Waals surface area contributed by atoms with Gasteiger partial charge in [0.15, 0.2) is 5.96 Å². The lowest BCUT2D eigenvalue weighted by atomic mass is 10.1. The topological polar surface area (TPSA) is 49.3 Å². The van der Waals surface area contributed by atoms with Crippen LogP contribution in [0.1, 0.15) is 31.2 Å². The van der Waals surface area contributed by atoms with E-state index < -0.39 is 0 Å². The minimum absolute atomic E-state index is 0.379. The fraction of sp³-hybridized carbons (Fsp3) is 0.708. The number of piperidine rings is 1. The molecule has 1 aromatic carbocycles. The van der Waals surface area contributed by atoms with Crippen molar-refractivity contribution < 1.29 is 9.47 Å². The molecule has 6 heteroatoms. The standard InChI is InChI=1S/C24H40N4O2/c1-25-24(28-15-11-23(12-16-28)30-18-6-17-29-2)26-19-22-10-14-27(20-22)13-9-21-7-4-3-5-8-21/h3-5,7-8,22-23H,6,9-20H2,1-2H3,(H,25,26). The van der Waals surface area contributed by atoms with Gasteiger partial charge in [-0.2, -0.15) is 0 Å². The van der Waals surface area contributed by atoms with Crippen LogP contribution >= 0.6 is 0 Å². The lowest BCUT2D eigenvalue weighted by molar-refractivity contribution is 0.00988. The highest BCUT2D eigenvalue weighted by molar-refractivity contribution is 5.79. The van der Waals surface area contributed by atoms with E-state index in [1.165, 1.54) is 25.1 Å². The van der Waals surface area contributed by atoms with Gasteiger partial charge in [0.25, 0.3) is 0 Å². The van der Waals surface area contributed by atoms with Gasteiger partial charge in [0, 0.05) is 60.1 Å². The van der Waals surface area contributed by atoms with E-state index in [4.69, 9.17) is 9.47 Å². The Labute approximate surface area is 182 Å². The molecule has 30 heavy (non-hydrogen) atoms. The smallest absolute Gasteiger partial charge is 0.193 e. The van der Waals surface area contributed by atoms with E-state index in [9.17, 15) is 0 Å². The molecule has 2 aliphatic rings. The molecule has 1 unspecified atom stereocenters. The van der Waals surface area contributed by atoms with E-state index in [2.05, 4.69) is 50.4 Å². The fourth-order valence-corrected chi connectivity index (χ4v) is 4.47. The van der Waals surface area contributed by atoms with Crippen molar-refractivity contribution in [3.8, 4) is 0 Å². The van der Waals surface area contributed by atoms with Crippen LogP contribution in [-0.4, -0.2) is 88.5 Å². The Morgan fingerprint density at radius 3 is 2.63 bits per heavy atom. The highest BCUT2D eigenvalue weighted by Crippen LogP contribution is 2.17. The molecular formula is C24H40N4O2. The Kier molecular flexibility index (Phi) is 9.93. The quantitative estimate of drug-likeness (QED) is 0.361. The van der Waals surface area contributed by atoms with Crippen LogP contribution in [0.3, 0.4) is 0 Å². The second-order valence-electron chi connectivity index (χ2n) is 8.52. The van der Waals surface area contributed by atoms with Crippen molar-refractivity contribution in [3.63, 3.8) is 0 Å². The van der Waals surface area contributed by atoms with Crippen molar-refractivity contribution in [2.75, 3.05) is 66.6 Å².